The summed E-state index contributed by atoms with van der Waals surface area (Å²) in [6, 6.07) is 6.16. The van der Waals surface area contributed by atoms with Crippen molar-refractivity contribution < 1.29 is 19.4 Å². The maximum atomic E-state index is 11.0. The Bertz CT molecular complexity index is 426. The second-order valence-electron chi connectivity index (χ2n) is 2.83. The van der Waals surface area contributed by atoms with Gasteiger partial charge < -0.3 is 9.84 Å². The van der Waals surface area contributed by atoms with Crippen LogP contribution in [0.2, 0.25) is 0 Å². The number of para-hydroxylation sites is 1. The van der Waals surface area contributed by atoms with E-state index in [0.29, 0.717) is 0 Å². The number of carboxylic acid groups (broad SMARTS) is 1. The number of benzene rings is 1. The van der Waals surface area contributed by atoms with E-state index < -0.39 is 11.9 Å². The van der Waals surface area contributed by atoms with E-state index in [4.69, 9.17) is 5.11 Å². The third kappa shape index (κ3) is 3.20. The van der Waals surface area contributed by atoms with Gasteiger partial charge in [0, 0.05) is 0 Å². The summed E-state index contributed by atoms with van der Waals surface area (Å²) in [4.78, 5) is 25.5. The van der Waals surface area contributed by atoms with Gasteiger partial charge >= 0.3 is 11.9 Å². The number of nitrogens with zero attached hydrogens (tertiary/aromatic N) is 1. The van der Waals surface area contributed by atoms with Gasteiger partial charge in [-0.2, -0.15) is 0 Å². The number of aromatic carboxylic acids is 1. The standard InChI is InChI=1S/C11H11NO4/c1-2-16-10(13)7-12-9-6-4-3-5-8(9)11(14)15/h3-7H,2H2,1H3,(H,14,15)/b12-7+. The van der Waals surface area contributed by atoms with Crippen LogP contribution in [0.3, 0.4) is 0 Å². The van der Waals surface area contributed by atoms with Gasteiger partial charge in [-0.05, 0) is 19.1 Å². The first-order valence-corrected chi connectivity index (χ1v) is 4.68. The van der Waals surface area contributed by atoms with Crippen LogP contribution in [-0.2, 0) is 9.53 Å². The molecule has 0 unspecified atom stereocenters. The lowest BCUT2D eigenvalue weighted by atomic mass is 10.2. The molecule has 1 aromatic rings. The van der Waals surface area contributed by atoms with E-state index in [-0.39, 0.29) is 17.9 Å². The zero-order valence-electron chi connectivity index (χ0n) is 8.71. The molecular weight excluding hydrogens is 210 g/mol. The smallest absolute Gasteiger partial charge is 0.349 e. The molecule has 1 N–H and O–H groups in total. The van der Waals surface area contributed by atoms with Crippen molar-refractivity contribution in [1.82, 2.24) is 0 Å². The van der Waals surface area contributed by atoms with Crippen molar-refractivity contribution in [2.24, 2.45) is 4.99 Å². The molecule has 1 rings (SSSR count). The van der Waals surface area contributed by atoms with Crippen LogP contribution in [-0.4, -0.2) is 29.9 Å². The van der Waals surface area contributed by atoms with E-state index >= 15 is 0 Å². The highest BCUT2D eigenvalue weighted by atomic mass is 16.5. The Labute approximate surface area is 92.4 Å². The van der Waals surface area contributed by atoms with Crippen LogP contribution in [0.1, 0.15) is 17.3 Å². The third-order valence-corrected chi connectivity index (χ3v) is 1.73. The number of carbonyl (C=O) groups is 2. The Morgan fingerprint density at radius 1 is 1.44 bits per heavy atom. The number of carboxylic acids is 1. The van der Waals surface area contributed by atoms with Gasteiger partial charge in [0.05, 0.1) is 17.9 Å². The first kappa shape index (κ1) is 11.9. The Kier molecular flexibility index (Phi) is 4.20. The Morgan fingerprint density at radius 2 is 2.12 bits per heavy atom. The molecule has 0 aromatic heterocycles. The average Bonchev–Trinajstić information content (AvgIpc) is 2.27. The van der Waals surface area contributed by atoms with Gasteiger partial charge in [-0.15, -0.1) is 0 Å². The molecule has 0 radical (unpaired) electrons. The summed E-state index contributed by atoms with van der Waals surface area (Å²) in [5.74, 6) is -1.68. The molecule has 84 valence electrons. The highest BCUT2D eigenvalue weighted by molar-refractivity contribution is 6.23. The average molecular weight is 221 g/mol. The topological polar surface area (TPSA) is 76.0 Å². The second-order valence-corrected chi connectivity index (χ2v) is 2.83. The highest BCUT2D eigenvalue weighted by Gasteiger charge is 2.07. The quantitative estimate of drug-likeness (QED) is 0.619. The zero-order chi connectivity index (χ0) is 12.0. The number of hydrogen-bond donors (Lipinski definition) is 1. The largest absolute Gasteiger partial charge is 0.478 e. The summed E-state index contributed by atoms with van der Waals surface area (Å²) < 4.78 is 4.63. The summed E-state index contributed by atoms with van der Waals surface area (Å²) >= 11 is 0. The number of carbonyl (C=O) groups excluding carboxylic acids is 1. The summed E-state index contributed by atoms with van der Waals surface area (Å²) in [5, 5.41) is 8.84. The van der Waals surface area contributed by atoms with Gasteiger partial charge in [-0.25, -0.2) is 14.6 Å². The number of esters is 1. The van der Waals surface area contributed by atoms with E-state index in [0.717, 1.165) is 6.21 Å². The van der Waals surface area contributed by atoms with Crippen LogP contribution >= 0.6 is 0 Å². The van der Waals surface area contributed by atoms with Crippen LogP contribution < -0.4 is 0 Å². The van der Waals surface area contributed by atoms with Gasteiger partial charge in [0.15, 0.2) is 0 Å². The molecule has 5 heteroatoms. The molecular formula is C11H11NO4. The first-order valence-electron chi connectivity index (χ1n) is 4.68. The summed E-state index contributed by atoms with van der Waals surface area (Å²) in [5.41, 5.74) is 0.270. The van der Waals surface area contributed by atoms with Crippen LogP contribution in [0, 0.1) is 0 Å². The molecule has 0 aliphatic carbocycles. The molecule has 0 aliphatic rings. The van der Waals surface area contributed by atoms with E-state index in [2.05, 4.69) is 9.73 Å². The predicted octanol–water partition coefficient (Wildman–Crippen LogP) is 1.65. The number of ether oxygens (including phenoxy) is 1. The van der Waals surface area contributed by atoms with Crippen LogP contribution in [0.4, 0.5) is 5.69 Å². The van der Waals surface area contributed by atoms with E-state index in [9.17, 15) is 9.59 Å². The molecule has 0 saturated heterocycles. The van der Waals surface area contributed by atoms with Gasteiger partial charge in [0.1, 0.15) is 6.21 Å². The SMILES string of the molecule is CCOC(=O)/C=N/c1ccccc1C(=O)O. The van der Waals surface area contributed by atoms with Gasteiger partial charge in [0.25, 0.3) is 0 Å². The lowest BCUT2D eigenvalue weighted by Gasteiger charge is -1.99. The maximum Gasteiger partial charge on any atom is 0.349 e. The molecule has 0 heterocycles. The van der Waals surface area contributed by atoms with E-state index in [1.807, 2.05) is 0 Å². The fraction of sp³-hybridized carbons (Fsp3) is 0.182. The van der Waals surface area contributed by atoms with Gasteiger partial charge in [0.2, 0.25) is 0 Å². The Morgan fingerprint density at radius 3 is 2.75 bits per heavy atom. The fourth-order valence-electron chi connectivity index (χ4n) is 1.07. The monoisotopic (exact) mass is 221 g/mol. The molecule has 1 aromatic carbocycles. The van der Waals surface area contributed by atoms with Crippen molar-refractivity contribution in [2.45, 2.75) is 6.92 Å². The highest BCUT2D eigenvalue weighted by Crippen LogP contribution is 2.17. The molecule has 0 atom stereocenters. The summed E-state index contributed by atoms with van der Waals surface area (Å²) in [6.07, 6.45) is 0.964. The third-order valence-electron chi connectivity index (χ3n) is 1.73. The van der Waals surface area contributed by atoms with Crippen LogP contribution in [0.5, 0.6) is 0 Å². The molecule has 0 aliphatic heterocycles. The zero-order valence-corrected chi connectivity index (χ0v) is 8.71. The van der Waals surface area contributed by atoms with Crippen molar-refractivity contribution in [3.8, 4) is 0 Å². The van der Waals surface area contributed by atoms with Crippen LogP contribution in [0.25, 0.3) is 0 Å². The maximum absolute atomic E-state index is 11.0. The second kappa shape index (κ2) is 5.65. The van der Waals surface area contributed by atoms with E-state index in [1.165, 1.54) is 12.1 Å². The van der Waals surface area contributed by atoms with Crippen molar-refractivity contribution >= 4 is 23.8 Å². The number of hydrogen-bond acceptors (Lipinski definition) is 4. The lowest BCUT2D eigenvalue weighted by Crippen LogP contribution is -2.04. The normalized spacial score (nSPS) is 10.3. The van der Waals surface area contributed by atoms with Crippen molar-refractivity contribution in [3.63, 3.8) is 0 Å². The predicted molar refractivity (Wildman–Crippen MR) is 58.2 cm³/mol. The summed E-state index contributed by atoms with van der Waals surface area (Å²) in [7, 11) is 0. The molecule has 0 saturated carbocycles. The molecule has 0 bridgehead atoms. The molecule has 0 fully saturated rings. The van der Waals surface area contributed by atoms with Gasteiger partial charge in [-0.1, -0.05) is 12.1 Å². The van der Waals surface area contributed by atoms with Crippen molar-refractivity contribution in [3.05, 3.63) is 29.8 Å². The van der Waals surface area contributed by atoms with Crippen molar-refractivity contribution in [2.75, 3.05) is 6.61 Å². The van der Waals surface area contributed by atoms with Crippen molar-refractivity contribution in [1.29, 1.82) is 0 Å². The minimum Gasteiger partial charge on any atom is -0.478 e. The lowest BCUT2D eigenvalue weighted by molar-refractivity contribution is -0.134. The minimum absolute atomic E-state index is 0.0445. The molecule has 0 spiro atoms. The summed E-state index contributed by atoms with van der Waals surface area (Å²) in [6.45, 7) is 1.93. The molecule has 16 heavy (non-hydrogen) atoms. The Balaban J connectivity index is 2.88. The van der Waals surface area contributed by atoms with E-state index in [1.54, 1.807) is 19.1 Å². The minimum atomic E-state index is -1.09. The van der Waals surface area contributed by atoms with Gasteiger partial charge in [-0.3, -0.25) is 0 Å². The molecule has 0 amide bonds. The Hall–Kier alpha value is -2.17. The number of aliphatic imine (C=N–C) groups is 1. The van der Waals surface area contributed by atoms with Crippen LogP contribution in [0.15, 0.2) is 29.3 Å². The molecule has 5 nitrogen and oxygen atoms in total. The number of rotatable bonds is 4. The first-order chi connectivity index (χ1) is 7.65. The fourth-order valence-corrected chi connectivity index (χ4v) is 1.07.